The fourth-order valence-electron chi connectivity index (χ4n) is 2.04. The number of benzene rings is 2. The molecule has 0 heterocycles. The van der Waals surface area contributed by atoms with Gasteiger partial charge in [0.05, 0.1) is 4.92 Å². The van der Waals surface area contributed by atoms with E-state index in [1.807, 2.05) is 26.0 Å². The average Bonchev–Trinajstić information content (AvgIpc) is 2.48. The van der Waals surface area contributed by atoms with Crippen molar-refractivity contribution >= 4 is 17.3 Å². The fourth-order valence-corrected chi connectivity index (χ4v) is 2.04. The van der Waals surface area contributed by atoms with Crippen molar-refractivity contribution in [1.82, 2.24) is 0 Å². The Bertz CT molecular complexity index is 762. The number of anilines is 1. The van der Waals surface area contributed by atoms with Crippen LogP contribution in [0, 0.1) is 29.8 Å². The zero-order valence-electron chi connectivity index (χ0n) is 12.6. The minimum absolute atomic E-state index is 0.286. The summed E-state index contributed by atoms with van der Waals surface area (Å²) in [6.07, 6.45) is 0. The highest BCUT2D eigenvalue weighted by atomic mass is 19.1. The van der Waals surface area contributed by atoms with Gasteiger partial charge in [0.25, 0.3) is 5.91 Å². The largest absolute Gasteiger partial charge is 0.477 e. The van der Waals surface area contributed by atoms with E-state index in [0.717, 1.165) is 29.3 Å². The standard InChI is InChI=1S/C16H15FN2O4/c1-10-3-5-13(11(2)7-10)18-16(20)9-23-15-8-12(17)4-6-14(15)19(21)22/h3-8H,9H2,1-2H3,(H,18,20). The van der Waals surface area contributed by atoms with Crippen LogP contribution in [-0.4, -0.2) is 17.4 Å². The molecule has 1 amide bonds. The zero-order chi connectivity index (χ0) is 17.0. The third-order valence-corrected chi connectivity index (χ3v) is 3.13. The lowest BCUT2D eigenvalue weighted by Gasteiger charge is -2.10. The molecule has 2 aromatic rings. The Balaban J connectivity index is 2.05. The third-order valence-electron chi connectivity index (χ3n) is 3.13. The quantitative estimate of drug-likeness (QED) is 0.677. The molecule has 7 heteroatoms. The van der Waals surface area contributed by atoms with Gasteiger partial charge in [-0.05, 0) is 31.5 Å². The number of nitro groups is 1. The van der Waals surface area contributed by atoms with E-state index in [4.69, 9.17) is 4.74 Å². The summed E-state index contributed by atoms with van der Waals surface area (Å²) in [6.45, 7) is 3.32. The van der Waals surface area contributed by atoms with E-state index in [9.17, 15) is 19.3 Å². The van der Waals surface area contributed by atoms with Gasteiger partial charge in [-0.1, -0.05) is 17.7 Å². The maximum Gasteiger partial charge on any atom is 0.311 e. The number of carbonyl (C=O) groups excluding carboxylic acids is 1. The smallest absolute Gasteiger partial charge is 0.311 e. The Morgan fingerprint density at radius 3 is 2.65 bits per heavy atom. The maximum atomic E-state index is 13.2. The van der Waals surface area contributed by atoms with Crippen LogP contribution >= 0.6 is 0 Å². The summed E-state index contributed by atoms with van der Waals surface area (Å²) in [5.74, 6) is -1.46. The summed E-state index contributed by atoms with van der Waals surface area (Å²) in [5.41, 5.74) is 2.17. The molecule has 120 valence electrons. The molecule has 0 unspecified atom stereocenters. The van der Waals surface area contributed by atoms with E-state index in [1.54, 1.807) is 6.07 Å². The summed E-state index contributed by atoms with van der Waals surface area (Å²) in [7, 11) is 0. The first-order chi connectivity index (χ1) is 10.9. The molecule has 0 aliphatic heterocycles. The van der Waals surface area contributed by atoms with Gasteiger partial charge in [0.1, 0.15) is 5.82 Å². The molecule has 0 saturated heterocycles. The predicted octanol–water partition coefficient (Wildman–Crippen LogP) is 3.37. The molecular formula is C16H15FN2O4. The number of nitrogens with one attached hydrogen (secondary N) is 1. The molecule has 0 aromatic heterocycles. The number of halogens is 1. The minimum atomic E-state index is -0.698. The van der Waals surface area contributed by atoms with Gasteiger partial charge >= 0.3 is 5.69 Å². The molecule has 2 rings (SSSR count). The number of nitrogens with zero attached hydrogens (tertiary/aromatic N) is 1. The molecule has 1 N–H and O–H groups in total. The molecular weight excluding hydrogens is 303 g/mol. The second-order valence-electron chi connectivity index (χ2n) is 5.02. The van der Waals surface area contributed by atoms with E-state index in [1.165, 1.54) is 0 Å². The van der Waals surface area contributed by atoms with Crippen LogP contribution < -0.4 is 10.1 Å². The molecule has 0 saturated carbocycles. The number of hydrogen-bond acceptors (Lipinski definition) is 4. The molecule has 0 bridgehead atoms. The number of carbonyl (C=O) groups is 1. The first-order valence-corrected chi connectivity index (χ1v) is 6.80. The molecule has 23 heavy (non-hydrogen) atoms. The van der Waals surface area contributed by atoms with Crippen LogP contribution in [0.1, 0.15) is 11.1 Å². The molecule has 0 fully saturated rings. The van der Waals surface area contributed by atoms with Gasteiger partial charge < -0.3 is 10.1 Å². The molecule has 0 aliphatic carbocycles. The molecule has 0 spiro atoms. The van der Waals surface area contributed by atoms with E-state index < -0.39 is 28.9 Å². The average molecular weight is 318 g/mol. The minimum Gasteiger partial charge on any atom is -0.477 e. The second kappa shape index (κ2) is 6.87. The van der Waals surface area contributed by atoms with E-state index in [-0.39, 0.29) is 5.75 Å². The monoisotopic (exact) mass is 318 g/mol. The van der Waals surface area contributed by atoms with Gasteiger partial charge in [0.2, 0.25) is 5.75 Å². The van der Waals surface area contributed by atoms with Crippen molar-refractivity contribution in [3.05, 3.63) is 63.5 Å². The highest BCUT2D eigenvalue weighted by Crippen LogP contribution is 2.27. The fraction of sp³-hybridized carbons (Fsp3) is 0.188. The van der Waals surface area contributed by atoms with Crippen molar-refractivity contribution in [2.24, 2.45) is 0 Å². The van der Waals surface area contributed by atoms with E-state index in [2.05, 4.69) is 5.32 Å². The number of aryl methyl sites for hydroxylation is 2. The Morgan fingerprint density at radius 1 is 1.26 bits per heavy atom. The highest BCUT2D eigenvalue weighted by Gasteiger charge is 2.17. The topological polar surface area (TPSA) is 81.5 Å². The van der Waals surface area contributed by atoms with Gasteiger partial charge in [0, 0.05) is 17.8 Å². The van der Waals surface area contributed by atoms with Crippen LogP contribution in [0.5, 0.6) is 5.75 Å². The second-order valence-corrected chi connectivity index (χ2v) is 5.02. The molecule has 0 aliphatic rings. The first-order valence-electron chi connectivity index (χ1n) is 6.80. The van der Waals surface area contributed by atoms with Crippen LogP contribution in [0.3, 0.4) is 0 Å². The number of nitro benzene ring substituents is 1. The van der Waals surface area contributed by atoms with Crippen LogP contribution in [0.25, 0.3) is 0 Å². The molecule has 0 radical (unpaired) electrons. The summed E-state index contributed by atoms with van der Waals surface area (Å²) in [5, 5.41) is 13.5. The van der Waals surface area contributed by atoms with Gasteiger partial charge in [-0.2, -0.15) is 0 Å². The summed E-state index contributed by atoms with van der Waals surface area (Å²) in [4.78, 5) is 22.0. The molecule has 0 atom stereocenters. The summed E-state index contributed by atoms with van der Waals surface area (Å²) in [6, 6.07) is 8.35. The van der Waals surface area contributed by atoms with E-state index in [0.29, 0.717) is 5.69 Å². The zero-order valence-corrected chi connectivity index (χ0v) is 12.6. The normalized spacial score (nSPS) is 10.2. The van der Waals surface area contributed by atoms with Crippen molar-refractivity contribution in [3.63, 3.8) is 0 Å². The van der Waals surface area contributed by atoms with Crippen molar-refractivity contribution in [3.8, 4) is 5.75 Å². The molecule has 2 aromatic carbocycles. The van der Waals surface area contributed by atoms with Crippen molar-refractivity contribution in [2.45, 2.75) is 13.8 Å². The highest BCUT2D eigenvalue weighted by molar-refractivity contribution is 5.92. The van der Waals surface area contributed by atoms with Crippen molar-refractivity contribution in [1.29, 1.82) is 0 Å². The number of rotatable bonds is 5. The van der Waals surface area contributed by atoms with Gasteiger partial charge in [-0.15, -0.1) is 0 Å². The summed E-state index contributed by atoms with van der Waals surface area (Å²) >= 11 is 0. The maximum absolute atomic E-state index is 13.2. The predicted molar refractivity (Wildman–Crippen MR) is 83.1 cm³/mol. The third kappa shape index (κ3) is 4.26. The Hall–Kier alpha value is -2.96. The van der Waals surface area contributed by atoms with Gasteiger partial charge in [-0.3, -0.25) is 14.9 Å². The first kappa shape index (κ1) is 16.4. The van der Waals surface area contributed by atoms with Crippen LogP contribution in [-0.2, 0) is 4.79 Å². The lowest BCUT2D eigenvalue weighted by Crippen LogP contribution is -2.21. The Labute approximate surface area is 132 Å². The SMILES string of the molecule is Cc1ccc(NC(=O)COc2cc(F)ccc2[N+](=O)[O-])c(C)c1. The van der Waals surface area contributed by atoms with Crippen molar-refractivity contribution < 1.29 is 18.8 Å². The Morgan fingerprint density at radius 2 is 2.00 bits per heavy atom. The van der Waals surface area contributed by atoms with Gasteiger partial charge in [0.15, 0.2) is 6.61 Å². The van der Waals surface area contributed by atoms with Crippen LogP contribution in [0.15, 0.2) is 36.4 Å². The van der Waals surface area contributed by atoms with Gasteiger partial charge in [-0.25, -0.2) is 4.39 Å². The lowest BCUT2D eigenvalue weighted by atomic mass is 10.1. The number of amides is 1. The Kier molecular flexibility index (Phi) is 4.90. The van der Waals surface area contributed by atoms with Crippen molar-refractivity contribution in [2.75, 3.05) is 11.9 Å². The van der Waals surface area contributed by atoms with Crippen LogP contribution in [0.4, 0.5) is 15.8 Å². The summed E-state index contributed by atoms with van der Waals surface area (Å²) < 4.78 is 18.3. The number of hydrogen-bond donors (Lipinski definition) is 1. The van der Waals surface area contributed by atoms with Crippen LogP contribution in [0.2, 0.25) is 0 Å². The molecule has 6 nitrogen and oxygen atoms in total. The number of ether oxygens (including phenoxy) is 1. The lowest BCUT2D eigenvalue weighted by molar-refractivity contribution is -0.385. The van der Waals surface area contributed by atoms with E-state index >= 15 is 0 Å².